The average molecular weight is 639 g/mol. The van der Waals surface area contributed by atoms with E-state index in [1.807, 2.05) is 0 Å². The van der Waals surface area contributed by atoms with E-state index in [1.54, 1.807) is 0 Å². The lowest BCUT2D eigenvalue weighted by molar-refractivity contribution is 0.418. The summed E-state index contributed by atoms with van der Waals surface area (Å²) in [6.45, 7) is 9.69. The van der Waals surface area contributed by atoms with Gasteiger partial charge >= 0.3 is 0 Å². The van der Waals surface area contributed by atoms with Crippen LogP contribution in [0.1, 0.15) is 61.9 Å². The third-order valence-corrected chi connectivity index (χ3v) is 12.9. The zero-order valence-electron chi connectivity index (χ0n) is 29.1. The van der Waals surface area contributed by atoms with Crippen LogP contribution < -0.4 is 0 Å². The molecule has 1 unspecified atom stereocenters. The lowest BCUT2D eigenvalue weighted by Crippen LogP contribution is -2.25. The topological polar surface area (TPSA) is 0 Å². The van der Waals surface area contributed by atoms with Crippen LogP contribution in [0.4, 0.5) is 0 Å². The molecule has 0 heterocycles. The summed E-state index contributed by atoms with van der Waals surface area (Å²) in [4.78, 5) is 0. The molecule has 0 spiro atoms. The molecule has 0 bridgehead atoms. The second-order valence-electron chi connectivity index (χ2n) is 16.0. The first kappa shape index (κ1) is 28.4. The van der Waals surface area contributed by atoms with E-state index in [0.717, 1.165) is 6.42 Å². The fourth-order valence-corrected chi connectivity index (χ4v) is 10.5. The maximum absolute atomic E-state index is 2.52. The third kappa shape index (κ3) is 3.47. The molecule has 238 valence electrons. The summed E-state index contributed by atoms with van der Waals surface area (Å²) in [6.07, 6.45) is 5.94. The zero-order valence-corrected chi connectivity index (χ0v) is 29.1. The fourth-order valence-electron chi connectivity index (χ4n) is 10.5. The van der Waals surface area contributed by atoms with E-state index in [4.69, 9.17) is 0 Å². The Kier molecular flexibility index (Phi) is 5.46. The molecule has 0 radical (unpaired) electrons. The molecule has 0 nitrogen and oxygen atoms in total. The zero-order chi connectivity index (χ0) is 33.5. The second-order valence-corrected chi connectivity index (χ2v) is 16.0. The summed E-state index contributed by atoms with van der Waals surface area (Å²) in [6, 6.07) is 48.5. The van der Waals surface area contributed by atoms with Crippen LogP contribution >= 0.6 is 0 Å². The van der Waals surface area contributed by atoms with Crippen LogP contribution in [0.15, 0.2) is 140 Å². The van der Waals surface area contributed by atoms with Crippen LogP contribution in [0.3, 0.4) is 0 Å². The van der Waals surface area contributed by atoms with Crippen molar-refractivity contribution in [1.29, 1.82) is 0 Å². The van der Waals surface area contributed by atoms with Gasteiger partial charge in [-0.15, -0.1) is 0 Å². The van der Waals surface area contributed by atoms with Crippen molar-refractivity contribution in [3.8, 4) is 44.5 Å². The number of benzene rings is 7. The van der Waals surface area contributed by atoms with Gasteiger partial charge in [-0.05, 0) is 129 Å². The minimum atomic E-state index is -0.0631. The van der Waals surface area contributed by atoms with Gasteiger partial charge in [0.1, 0.15) is 0 Å². The van der Waals surface area contributed by atoms with Crippen molar-refractivity contribution in [2.75, 3.05) is 0 Å². The van der Waals surface area contributed by atoms with Gasteiger partial charge in [-0.3, -0.25) is 0 Å². The molecule has 0 aliphatic heterocycles. The van der Waals surface area contributed by atoms with E-state index in [1.165, 1.54) is 105 Å². The molecule has 4 aliphatic rings. The van der Waals surface area contributed by atoms with Gasteiger partial charge in [0.15, 0.2) is 0 Å². The quantitative estimate of drug-likeness (QED) is 0.177. The van der Waals surface area contributed by atoms with Crippen LogP contribution in [-0.2, 0) is 10.8 Å². The second kappa shape index (κ2) is 9.61. The Labute approximate surface area is 294 Å². The van der Waals surface area contributed by atoms with Crippen molar-refractivity contribution in [3.63, 3.8) is 0 Å². The summed E-state index contributed by atoms with van der Waals surface area (Å²) in [5, 5.41) is 5.39. The Bertz CT molecular complexity index is 2720. The summed E-state index contributed by atoms with van der Waals surface area (Å²) in [5.74, 6) is 0.439. The smallest absolute Gasteiger partial charge is 0.0159 e. The van der Waals surface area contributed by atoms with Crippen LogP contribution in [0.25, 0.3) is 77.2 Å². The number of rotatable bonds is 2. The van der Waals surface area contributed by atoms with Crippen molar-refractivity contribution >= 4 is 32.7 Å². The highest BCUT2D eigenvalue weighted by Crippen LogP contribution is 2.60. The van der Waals surface area contributed by atoms with Gasteiger partial charge in [-0.1, -0.05) is 161 Å². The number of fused-ring (bicyclic) bond motifs is 10. The molecule has 11 rings (SSSR count). The maximum atomic E-state index is 2.52. The SMILES string of the molecule is CC1(C)c2ccccc2-c2ccc(-c3c4c(c(C5=CC=C6c7ccccc7C(C)(C)C6C5)c5ccccc35)-c3cccc5cccc-4c35)cc21. The molecule has 7 aromatic rings. The molecule has 0 saturated carbocycles. The van der Waals surface area contributed by atoms with E-state index < -0.39 is 0 Å². The van der Waals surface area contributed by atoms with Crippen LogP contribution in [-0.4, -0.2) is 0 Å². The standard InChI is InChI=1S/C50H38/c1-49(2)40-21-9-7-15-32(40)34-25-23-30(27-42(34)49)45-36-17-5-6-18-37(36)46(48-39-20-12-14-29-13-11-19-38(44(29)39)47(45)48)31-24-26-35-33-16-8-10-22-41(33)50(3,4)43(35)28-31/h5-27,43H,28H2,1-4H3. The predicted octanol–water partition coefficient (Wildman–Crippen LogP) is 13.4. The average Bonchev–Trinajstić information content (AvgIpc) is 3.68. The molecule has 0 aromatic heterocycles. The highest BCUT2D eigenvalue weighted by atomic mass is 14.5. The molecule has 7 aromatic carbocycles. The Morgan fingerprint density at radius 2 is 1.08 bits per heavy atom. The molecule has 50 heavy (non-hydrogen) atoms. The van der Waals surface area contributed by atoms with Gasteiger partial charge in [0, 0.05) is 5.41 Å². The highest BCUT2D eigenvalue weighted by molar-refractivity contribution is 6.26. The van der Waals surface area contributed by atoms with Crippen molar-refractivity contribution in [1.82, 2.24) is 0 Å². The molecule has 1 atom stereocenters. The van der Waals surface area contributed by atoms with E-state index in [9.17, 15) is 0 Å². The molecule has 0 saturated heterocycles. The van der Waals surface area contributed by atoms with Gasteiger partial charge in [0.05, 0.1) is 0 Å². The predicted molar refractivity (Wildman–Crippen MR) is 212 cm³/mol. The van der Waals surface area contributed by atoms with Gasteiger partial charge in [-0.2, -0.15) is 0 Å². The molecule has 0 N–H and O–H groups in total. The Hall–Kier alpha value is -5.46. The summed E-state index contributed by atoms with van der Waals surface area (Å²) in [5.41, 5.74) is 21.1. The van der Waals surface area contributed by atoms with Gasteiger partial charge in [-0.25, -0.2) is 0 Å². The van der Waals surface area contributed by atoms with Crippen molar-refractivity contribution < 1.29 is 0 Å². The van der Waals surface area contributed by atoms with Crippen molar-refractivity contribution in [2.24, 2.45) is 5.92 Å². The Balaban J connectivity index is 1.22. The molecule has 0 heteroatoms. The fraction of sp³-hybridized carbons (Fsp3) is 0.160. The molecule has 4 aliphatic carbocycles. The van der Waals surface area contributed by atoms with E-state index in [-0.39, 0.29) is 10.8 Å². The highest BCUT2D eigenvalue weighted by Gasteiger charge is 2.44. The maximum Gasteiger partial charge on any atom is 0.0159 e. The first-order chi connectivity index (χ1) is 24.3. The summed E-state index contributed by atoms with van der Waals surface area (Å²) >= 11 is 0. The Morgan fingerprint density at radius 3 is 1.84 bits per heavy atom. The number of hydrogen-bond donors (Lipinski definition) is 0. The van der Waals surface area contributed by atoms with E-state index in [0.29, 0.717) is 5.92 Å². The summed E-state index contributed by atoms with van der Waals surface area (Å²) < 4.78 is 0. The third-order valence-electron chi connectivity index (χ3n) is 12.9. The molecule has 0 fully saturated rings. The van der Waals surface area contributed by atoms with Gasteiger partial charge in [0.25, 0.3) is 0 Å². The van der Waals surface area contributed by atoms with Crippen molar-refractivity contribution in [2.45, 2.75) is 44.9 Å². The first-order valence-corrected chi connectivity index (χ1v) is 18.2. The minimum Gasteiger partial charge on any atom is -0.0619 e. The van der Waals surface area contributed by atoms with Crippen LogP contribution in [0.5, 0.6) is 0 Å². The molecule has 0 amide bonds. The largest absolute Gasteiger partial charge is 0.0619 e. The lowest BCUT2D eigenvalue weighted by atomic mass is 9.71. The van der Waals surface area contributed by atoms with Crippen LogP contribution in [0.2, 0.25) is 0 Å². The van der Waals surface area contributed by atoms with Gasteiger partial charge in [0.2, 0.25) is 0 Å². The minimum absolute atomic E-state index is 0.0631. The van der Waals surface area contributed by atoms with Crippen molar-refractivity contribution in [3.05, 3.63) is 167 Å². The normalized spacial score (nSPS) is 18.3. The number of hydrogen-bond acceptors (Lipinski definition) is 0. The van der Waals surface area contributed by atoms with Crippen LogP contribution in [0, 0.1) is 5.92 Å². The number of allylic oxidation sites excluding steroid dienone is 4. The van der Waals surface area contributed by atoms with E-state index in [2.05, 4.69) is 167 Å². The van der Waals surface area contributed by atoms with Gasteiger partial charge < -0.3 is 0 Å². The monoisotopic (exact) mass is 638 g/mol. The molecular weight excluding hydrogens is 601 g/mol. The molecular formula is C50H38. The lowest BCUT2D eigenvalue weighted by Gasteiger charge is -2.32. The Morgan fingerprint density at radius 1 is 0.480 bits per heavy atom. The van der Waals surface area contributed by atoms with E-state index >= 15 is 0 Å². The first-order valence-electron chi connectivity index (χ1n) is 18.2. The summed E-state index contributed by atoms with van der Waals surface area (Å²) in [7, 11) is 0.